The van der Waals surface area contributed by atoms with Gasteiger partial charge in [-0.1, -0.05) is 6.07 Å². The summed E-state index contributed by atoms with van der Waals surface area (Å²) in [5.74, 6) is -0.0588. The van der Waals surface area contributed by atoms with E-state index in [9.17, 15) is 18.0 Å². The minimum absolute atomic E-state index is 0.000125. The van der Waals surface area contributed by atoms with Crippen molar-refractivity contribution in [2.24, 2.45) is 0 Å². The topological polar surface area (TPSA) is 86.8 Å². The number of nitrogens with one attached hydrogen (secondary N) is 1. The predicted octanol–water partition coefficient (Wildman–Crippen LogP) is 1.42. The molecule has 0 saturated carbocycles. The Labute approximate surface area is 159 Å². The molecule has 0 aromatic heterocycles. The number of hydrogen-bond donors (Lipinski definition) is 1. The van der Waals surface area contributed by atoms with Gasteiger partial charge < -0.3 is 10.2 Å². The van der Waals surface area contributed by atoms with Gasteiger partial charge in [-0.3, -0.25) is 9.59 Å². The summed E-state index contributed by atoms with van der Waals surface area (Å²) >= 11 is 0. The van der Waals surface area contributed by atoms with Crippen LogP contribution < -0.4 is 10.2 Å². The molecular weight excluding hydrogens is 366 g/mol. The highest BCUT2D eigenvalue weighted by Crippen LogP contribution is 2.33. The van der Waals surface area contributed by atoms with Gasteiger partial charge in [-0.15, -0.1) is 0 Å². The van der Waals surface area contributed by atoms with Crippen molar-refractivity contribution in [3.8, 4) is 0 Å². The van der Waals surface area contributed by atoms with Gasteiger partial charge in [0.15, 0.2) is 0 Å². The summed E-state index contributed by atoms with van der Waals surface area (Å²) in [6.07, 6.45) is 4.90. The maximum absolute atomic E-state index is 12.8. The van der Waals surface area contributed by atoms with E-state index in [-0.39, 0.29) is 29.2 Å². The molecule has 1 N–H and O–H groups in total. The number of carbonyl (C=O) groups excluding carboxylic acids is 2. The number of amides is 2. The lowest BCUT2D eigenvalue weighted by Crippen LogP contribution is -2.43. The number of benzene rings is 1. The monoisotopic (exact) mass is 391 g/mol. The quantitative estimate of drug-likeness (QED) is 0.841. The highest BCUT2D eigenvalue weighted by Gasteiger charge is 2.32. The molecule has 2 fully saturated rings. The molecule has 8 heteroatoms. The first kappa shape index (κ1) is 18.4. The van der Waals surface area contributed by atoms with E-state index in [1.165, 1.54) is 4.31 Å². The Morgan fingerprint density at radius 2 is 1.89 bits per heavy atom. The molecule has 1 aromatic carbocycles. The van der Waals surface area contributed by atoms with Gasteiger partial charge >= 0.3 is 0 Å². The Balaban J connectivity index is 1.54. The van der Waals surface area contributed by atoms with E-state index in [1.807, 2.05) is 6.07 Å². The van der Waals surface area contributed by atoms with Gasteiger partial charge in [0.1, 0.15) is 0 Å². The van der Waals surface area contributed by atoms with Gasteiger partial charge in [0.2, 0.25) is 21.8 Å². The van der Waals surface area contributed by atoms with Crippen LogP contribution in [-0.2, 0) is 26.0 Å². The van der Waals surface area contributed by atoms with Crippen molar-refractivity contribution in [3.63, 3.8) is 0 Å². The van der Waals surface area contributed by atoms with E-state index in [1.54, 1.807) is 17.0 Å². The van der Waals surface area contributed by atoms with Crippen LogP contribution in [0.5, 0.6) is 0 Å². The molecule has 7 nitrogen and oxygen atoms in total. The summed E-state index contributed by atoms with van der Waals surface area (Å²) in [4.78, 5) is 26.3. The molecule has 2 saturated heterocycles. The molecule has 0 aliphatic carbocycles. The third kappa shape index (κ3) is 3.60. The molecule has 1 unspecified atom stereocenters. The van der Waals surface area contributed by atoms with E-state index in [2.05, 4.69) is 5.32 Å². The van der Waals surface area contributed by atoms with Crippen molar-refractivity contribution in [2.45, 2.75) is 55.9 Å². The first-order valence-corrected chi connectivity index (χ1v) is 11.1. The van der Waals surface area contributed by atoms with Crippen molar-refractivity contribution in [3.05, 3.63) is 23.8 Å². The summed E-state index contributed by atoms with van der Waals surface area (Å²) in [5, 5.41) is 2.88. The number of rotatable bonds is 4. The molecular formula is C19H25N3O4S. The first-order chi connectivity index (χ1) is 12.9. The molecule has 1 atom stereocenters. The number of piperidine rings is 1. The van der Waals surface area contributed by atoms with Crippen molar-refractivity contribution in [2.75, 3.05) is 24.5 Å². The largest absolute Gasteiger partial charge is 0.353 e. The zero-order valence-corrected chi connectivity index (χ0v) is 16.1. The van der Waals surface area contributed by atoms with Gasteiger partial charge in [0.25, 0.3) is 0 Å². The lowest BCUT2D eigenvalue weighted by molar-refractivity contribution is -0.124. The standard InChI is InChI=1S/C19H25N3O4S/c23-18-5-3-4-15(20-18)12-19(24)22-11-8-14-6-7-16(13-17(14)22)27(25,26)21-9-1-2-10-21/h6-7,13,15H,1-5,8-12H2,(H,20,23). The van der Waals surface area contributed by atoms with Gasteiger partial charge in [0, 0.05) is 44.2 Å². The number of fused-ring (bicyclic) bond motifs is 1. The fraction of sp³-hybridized carbons (Fsp3) is 0.579. The second-order valence-corrected chi connectivity index (χ2v) is 9.50. The average molecular weight is 391 g/mol. The molecule has 3 aliphatic heterocycles. The van der Waals surface area contributed by atoms with Crippen LogP contribution in [0.2, 0.25) is 0 Å². The molecule has 0 spiro atoms. The summed E-state index contributed by atoms with van der Waals surface area (Å²) < 4.78 is 27.2. The Kier molecular flexibility index (Phi) is 4.94. The van der Waals surface area contributed by atoms with Gasteiger partial charge in [-0.25, -0.2) is 8.42 Å². The average Bonchev–Trinajstić information content (AvgIpc) is 3.31. The fourth-order valence-corrected chi connectivity index (χ4v) is 5.75. The van der Waals surface area contributed by atoms with Crippen LogP contribution in [-0.4, -0.2) is 50.2 Å². The Bertz CT molecular complexity index is 862. The van der Waals surface area contributed by atoms with E-state index >= 15 is 0 Å². The van der Waals surface area contributed by atoms with Crippen LogP contribution >= 0.6 is 0 Å². The van der Waals surface area contributed by atoms with E-state index in [4.69, 9.17) is 0 Å². The number of nitrogens with zero attached hydrogens (tertiary/aromatic N) is 2. The van der Waals surface area contributed by atoms with Crippen LogP contribution in [0.15, 0.2) is 23.1 Å². The third-order valence-corrected chi connectivity index (χ3v) is 7.59. The van der Waals surface area contributed by atoms with Crippen molar-refractivity contribution >= 4 is 27.5 Å². The van der Waals surface area contributed by atoms with Crippen LogP contribution in [0, 0.1) is 0 Å². The molecule has 1 aromatic rings. The van der Waals surface area contributed by atoms with Gasteiger partial charge in [0.05, 0.1) is 4.90 Å². The van der Waals surface area contributed by atoms with Crippen molar-refractivity contribution in [1.29, 1.82) is 0 Å². The third-order valence-electron chi connectivity index (χ3n) is 5.70. The lowest BCUT2D eigenvalue weighted by Gasteiger charge is -2.26. The predicted molar refractivity (Wildman–Crippen MR) is 101 cm³/mol. The minimum atomic E-state index is -3.51. The normalized spacial score (nSPS) is 23.3. The molecule has 0 radical (unpaired) electrons. The van der Waals surface area contributed by atoms with Crippen molar-refractivity contribution in [1.82, 2.24) is 9.62 Å². The van der Waals surface area contributed by atoms with E-state index in [0.717, 1.165) is 37.7 Å². The SMILES string of the molecule is O=C1CCCC(CC(=O)N2CCc3ccc(S(=O)(=O)N4CCCC4)cc32)N1. The maximum atomic E-state index is 12.8. The highest BCUT2D eigenvalue weighted by atomic mass is 32.2. The van der Waals surface area contributed by atoms with Crippen LogP contribution in [0.25, 0.3) is 0 Å². The first-order valence-electron chi connectivity index (χ1n) is 9.68. The Morgan fingerprint density at radius 3 is 2.63 bits per heavy atom. The second kappa shape index (κ2) is 7.24. The number of anilines is 1. The highest BCUT2D eigenvalue weighted by molar-refractivity contribution is 7.89. The molecule has 3 aliphatic rings. The zero-order chi connectivity index (χ0) is 19.0. The number of sulfonamides is 1. The summed E-state index contributed by atoms with van der Waals surface area (Å²) in [6, 6.07) is 5.00. The molecule has 4 rings (SSSR count). The maximum Gasteiger partial charge on any atom is 0.243 e. The van der Waals surface area contributed by atoms with Crippen LogP contribution in [0.3, 0.4) is 0 Å². The zero-order valence-electron chi connectivity index (χ0n) is 15.3. The second-order valence-electron chi connectivity index (χ2n) is 7.56. The number of hydrogen-bond acceptors (Lipinski definition) is 4. The smallest absolute Gasteiger partial charge is 0.243 e. The van der Waals surface area contributed by atoms with Crippen LogP contribution in [0.1, 0.15) is 44.1 Å². The van der Waals surface area contributed by atoms with Crippen LogP contribution in [0.4, 0.5) is 5.69 Å². The van der Waals surface area contributed by atoms with E-state index in [0.29, 0.717) is 31.7 Å². The molecule has 146 valence electrons. The number of carbonyl (C=O) groups is 2. The van der Waals surface area contributed by atoms with Crippen molar-refractivity contribution < 1.29 is 18.0 Å². The minimum Gasteiger partial charge on any atom is -0.353 e. The molecule has 0 bridgehead atoms. The fourth-order valence-electron chi connectivity index (χ4n) is 4.21. The van der Waals surface area contributed by atoms with E-state index < -0.39 is 10.0 Å². The summed E-state index contributed by atoms with van der Waals surface area (Å²) in [5.41, 5.74) is 1.69. The Hall–Kier alpha value is -1.93. The Morgan fingerprint density at radius 1 is 1.11 bits per heavy atom. The summed E-state index contributed by atoms with van der Waals surface area (Å²) in [6.45, 7) is 1.68. The molecule has 27 heavy (non-hydrogen) atoms. The van der Waals surface area contributed by atoms with Gasteiger partial charge in [-0.2, -0.15) is 4.31 Å². The molecule has 3 heterocycles. The lowest BCUT2D eigenvalue weighted by atomic mass is 10.0. The molecule has 2 amide bonds. The van der Waals surface area contributed by atoms with Gasteiger partial charge in [-0.05, 0) is 49.8 Å². The summed E-state index contributed by atoms with van der Waals surface area (Å²) in [7, 11) is -3.51.